The Hall–Kier alpha value is -0.600. The molecule has 0 amide bonds. The van der Waals surface area contributed by atoms with E-state index in [1.54, 1.807) is 0 Å². The number of rotatable bonds is 6. The number of hydrogen-bond donors (Lipinski definition) is 10. The Balaban J connectivity index is 1.67. The van der Waals surface area contributed by atoms with Crippen molar-refractivity contribution in [2.45, 2.75) is 86.0 Å². The summed E-state index contributed by atoms with van der Waals surface area (Å²) in [7, 11) is 0. The third-order valence-corrected chi connectivity index (χ3v) is 5.72. The van der Waals surface area contributed by atoms with Crippen LogP contribution in [-0.2, 0) is 23.7 Å². The molecule has 15 nitrogen and oxygen atoms in total. The first-order valence-electron chi connectivity index (χ1n) is 10.00. The summed E-state index contributed by atoms with van der Waals surface area (Å²) in [5.41, 5.74) is 0. The van der Waals surface area contributed by atoms with Crippen LogP contribution in [-0.4, -0.2) is 157 Å². The average molecular weight is 474 g/mol. The van der Waals surface area contributed by atoms with Crippen LogP contribution >= 0.6 is 0 Å². The maximum atomic E-state index is 10.5. The summed E-state index contributed by atoms with van der Waals surface area (Å²) in [6.07, 6.45) is -22.5. The largest absolute Gasteiger partial charge is 0.394 e. The summed E-state index contributed by atoms with van der Waals surface area (Å²) in [4.78, 5) is 0. The molecule has 0 saturated carbocycles. The summed E-state index contributed by atoms with van der Waals surface area (Å²) >= 11 is 0. The highest BCUT2D eigenvalue weighted by Gasteiger charge is 2.52. The number of aliphatic hydroxyl groups excluding tert-OH is 10. The predicted molar refractivity (Wildman–Crippen MR) is 95.2 cm³/mol. The summed E-state index contributed by atoms with van der Waals surface area (Å²) in [5.74, 6) is 0. The fraction of sp³-hybridized carbons (Fsp3) is 1.00. The lowest BCUT2D eigenvalue weighted by Crippen LogP contribution is -2.65. The number of ether oxygens (including phenoxy) is 5. The van der Waals surface area contributed by atoms with Gasteiger partial charge in [0.1, 0.15) is 67.1 Å². The van der Waals surface area contributed by atoms with E-state index in [0.29, 0.717) is 0 Å². The molecule has 3 heterocycles. The fourth-order valence-electron chi connectivity index (χ4n) is 3.74. The SMILES string of the molecule is OC[C@H]1O[C@H](O[C@H]2[C@H](O)[C@@H](O)[C@@H](O[C@@H]3CO[C@H](O)[C@H](O)[C@H]3O)O[C@@H]2CO)[C@H](O)[C@@H](O)[C@@H]1O. The van der Waals surface area contributed by atoms with Gasteiger partial charge in [0.25, 0.3) is 0 Å². The molecule has 0 aromatic rings. The zero-order valence-electron chi connectivity index (χ0n) is 16.7. The Labute approximate surface area is 181 Å². The molecule has 3 aliphatic rings. The van der Waals surface area contributed by atoms with Crippen LogP contribution in [0.5, 0.6) is 0 Å². The molecule has 3 saturated heterocycles. The van der Waals surface area contributed by atoms with E-state index in [0.717, 1.165) is 0 Å². The first-order chi connectivity index (χ1) is 15.1. The summed E-state index contributed by atoms with van der Waals surface area (Å²) < 4.78 is 26.2. The molecule has 10 N–H and O–H groups in total. The smallest absolute Gasteiger partial charge is 0.187 e. The van der Waals surface area contributed by atoms with Gasteiger partial charge in [-0.05, 0) is 0 Å². The zero-order chi connectivity index (χ0) is 23.7. The lowest BCUT2D eigenvalue weighted by Gasteiger charge is -2.47. The summed E-state index contributed by atoms with van der Waals surface area (Å²) in [6.45, 7) is -1.86. The topological polar surface area (TPSA) is 248 Å². The van der Waals surface area contributed by atoms with Crippen LogP contribution in [0.3, 0.4) is 0 Å². The third kappa shape index (κ3) is 5.07. The number of aliphatic hydroxyl groups is 10. The molecule has 0 unspecified atom stereocenters. The molecule has 32 heavy (non-hydrogen) atoms. The molecule has 0 aromatic carbocycles. The van der Waals surface area contributed by atoms with E-state index in [9.17, 15) is 51.1 Å². The van der Waals surface area contributed by atoms with E-state index in [1.165, 1.54) is 0 Å². The van der Waals surface area contributed by atoms with Crippen molar-refractivity contribution < 1.29 is 74.7 Å². The lowest BCUT2D eigenvalue weighted by molar-refractivity contribution is -0.371. The highest BCUT2D eigenvalue weighted by atomic mass is 16.7. The van der Waals surface area contributed by atoms with Gasteiger partial charge in [-0.1, -0.05) is 0 Å². The molecule has 3 rings (SSSR count). The van der Waals surface area contributed by atoms with E-state index in [1.807, 2.05) is 0 Å². The molecular formula is C17H30O15. The Bertz CT molecular complexity index is 592. The van der Waals surface area contributed by atoms with E-state index in [4.69, 9.17) is 23.7 Å². The normalized spacial score (nSPS) is 52.7. The molecule has 14 atom stereocenters. The maximum Gasteiger partial charge on any atom is 0.187 e. The Morgan fingerprint density at radius 3 is 1.78 bits per heavy atom. The second kappa shape index (κ2) is 10.8. The Morgan fingerprint density at radius 1 is 0.594 bits per heavy atom. The molecule has 0 radical (unpaired) electrons. The van der Waals surface area contributed by atoms with Crippen molar-refractivity contribution in [3.8, 4) is 0 Å². The molecule has 15 heteroatoms. The van der Waals surface area contributed by atoms with Crippen molar-refractivity contribution in [3.63, 3.8) is 0 Å². The van der Waals surface area contributed by atoms with Crippen molar-refractivity contribution in [3.05, 3.63) is 0 Å². The standard InChI is InChI=1S/C17H30O15/c18-1-4-7(20)9(22)12(25)17(29-4)32-14-5(2-19)30-16(13(26)10(14)23)31-6-3-28-15(27)11(24)8(6)21/h4-27H,1-3H2/t4-,5-,6-,7-,8+,9+,10-,11-,12-,13-,14-,15+,16-,17-/m1/s1. The fourth-order valence-corrected chi connectivity index (χ4v) is 3.74. The maximum absolute atomic E-state index is 10.5. The van der Waals surface area contributed by atoms with Crippen LogP contribution in [0.25, 0.3) is 0 Å². The van der Waals surface area contributed by atoms with Crippen molar-refractivity contribution in [2.24, 2.45) is 0 Å². The summed E-state index contributed by atoms with van der Waals surface area (Å²) in [5, 5.41) is 98.8. The second-order valence-electron chi connectivity index (χ2n) is 7.88. The van der Waals surface area contributed by atoms with Gasteiger partial charge in [-0.25, -0.2) is 0 Å². The second-order valence-corrected chi connectivity index (χ2v) is 7.88. The van der Waals surface area contributed by atoms with Crippen LogP contribution in [0.15, 0.2) is 0 Å². The highest BCUT2D eigenvalue weighted by molar-refractivity contribution is 4.95. The van der Waals surface area contributed by atoms with E-state index >= 15 is 0 Å². The molecule has 0 spiro atoms. The van der Waals surface area contributed by atoms with Gasteiger partial charge in [-0.3, -0.25) is 0 Å². The van der Waals surface area contributed by atoms with Gasteiger partial charge in [0.15, 0.2) is 18.9 Å². The van der Waals surface area contributed by atoms with Gasteiger partial charge < -0.3 is 74.7 Å². The van der Waals surface area contributed by atoms with E-state index in [2.05, 4.69) is 0 Å². The van der Waals surface area contributed by atoms with Crippen LogP contribution in [0, 0.1) is 0 Å². The Morgan fingerprint density at radius 2 is 1.16 bits per heavy atom. The summed E-state index contributed by atoms with van der Waals surface area (Å²) in [6, 6.07) is 0. The van der Waals surface area contributed by atoms with E-state index < -0.39 is 99.2 Å². The molecule has 3 aliphatic heterocycles. The van der Waals surface area contributed by atoms with Crippen molar-refractivity contribution in [1.29, 1.82) is 0 Å². The minimum atomic E-state index is -1.82. The third-order valence-electron chi connectivity index (χ3n) is 5.72. The van der Waals surface area contributed by atoms with Crippen molar-refractivity contribution in [1.82, 2.24) is 0 Å². The quantitative estimate of drug-likeness (QED) is 0.172. The zero-order valence-corrected chi connectivity index (χ0v) is 16.7. The first kappa shape index (κ1) is 26.0. The van der Waals surface area contributed by atoms with Crippen LogP contribution in [0.1, 0.15) is 0 Å². The number of hydrogen-bond acceptors (Lipinski definition) is 15. The van der Waals surface area contributed by atoms with E-state index in [-0.39, 0.29) is 6.61 Å². The van der Waals surface area contributed by atoms with Crippen LogP contribution < -0.4 is 0 Å². The minimum absolute atomic E-state index is 0.378. The molecule has 0 aliphatic carbocycles. The molecule has 188 valence electrons. The van der Waals surface area contributed by atoms with Gasteiger partial charge >= 0.3 is 0 Å². The van der Waals surface area contributed by atoms with Gasteiger partial charge in [-0.15, -0.1) is 0 Å². The van der Waals surface area contributed by atoms with Gasteiger partial charge in [-0.2, -0.15) is 0 Å². The molecule has 0 bridgehead atoms. The van der Waals surface area contributed by atoms with Gasteiger partial charge in [0.2, 0.25) is 0 Å². The highest BCUT2D eigenvalue weighted by Crippen LogP contribution is 2.30. The minimum Gasteiger partial charge on any atom is -0.394 e. The van der Waals surface area contributed by atoms with Crippen LogP contribution in [0.4, 0.5) is 0 Å². The van der Waals surface area contributed by atoms with Crippen molar-refractivity contribution >= 4 is 0 Å². The molecular weight excluding hydrogens is 444 g/mol. The Kier molecular flexibility index (Phi) is 8.75. The van der Waals surface area contributed by atoms with Crippen LogP contribution in [0.2, 0.25) is 0 Å². The van der Waals surface area contributed by atoms with Gasteiger partial charge in [0.05, 0.1) is 19.8 Å². The molecule has 3 fully saturated rings. The monoisotopic (exact) mass is 474 g/mol. The average Bonchev–Trinajstić information content (AvgIpc) is 2.78. The molecule has 0 aromatic heterocycles. The van der Waals surface area contributed by atoms with Gasteiger partial charge in [0, 0.05) is 0 Å². The first-order valence-corrected chi connectivity index (χ1v) is 10.00. The lowest BCUT2D eigenvalue weighted by atomic mass is 9.97. The van der Waals surface area contributed by atoms with Crippen molar-refractivity contribution in [2.75, 3.05) is 19.8 Å². The predicted octanol–water partition coefficient (Wildman–Crippen LogP) is -6.93.